The van der Waals surface area contributed by atoms with Gasteiger partial charge >= 0.3 is 0 Å². The van der Waals surface area contributed by atoms with Crippen LogP contribution in [0.15, 0.2) is 12.2 Å². The molecule has 1 amide bonds. The van der Waals surface area contributed by atoms with Gasteiger partial charge in [0.1, 0.15) is 0 Å². The Hall–Kier alpha value is -0.440. The Morgan fingerprint density at radius 3 is 2.67 bits per heavy atom. The number of hydrogen-bond acceptors (Lipinski definition) is 2. The molecule has 3 heteroatoms. The van der Waals surface area contributed by atoms with Crippen LogP contribution in [0.4, 0.5) is 0 Å². The van der Waals surface area contributed by atoms with Crippen LogP contribution in [0, 0.1) is 0 Å². The molecule has 1 rings (SSSR count). The average Bonchev–Trinajstić information content (AvgIpc) is 2.66. The predicted octanol–water partition coefficient (Wildman–Crippen LogP) is 2.74. The molecule has 0 unspecified atom stereocenters. The molecule has 1 N–H and O–H groups in total. The predicted molar refractivity (Wildman–Crippen MR) is 67.1 cm³/mol. The molecule has 0 aromatic rings. The van der Waals surface area contributed by atoms with Gasteiger partial charge in [-0.25, -0.2) is 0 Å². The molecule has 2 nitrogen and oxygen atoms in total. The molecular weight excluding hydrogens is 206 g/mol. The van der Waals surface area contributed by atoms with Crippen molar-refractivity contribution in [3.63, 3.8) is 0 Å². The maximum atomic E-state index is 11.7. The summed E-state index contributed by atoms with van der Waals surface area (Å²) in [5.41, 5.74) is 1.13. The lowest BCUT2D eigenvalue weighted by Crippen LogP contribution is -2.37. The minimum absolute atomic E-state index is 0.0438. The number of rotatable bonds is 5. The Labute approximate surface area is 96.9 Å². The van der Waals surface area contributed by atoms with Crippen LogP contribution in [-0.2, 0) is 4.79 Å². The van der Waals surface area contributed by atoms with Crippen LogP contribution in [0.2, 0.25) is 0 Å². The van der Waals surface area contributed by atoms with Crippen LogP contribution in [-0.4, -0.2) is 23.0 Å². The first-order valence-corrected chi connectivity index (χ1v) is 6.71. The molecule has 0 aliphatic heterocycles. The molecule has 86 valence electrons. The molecule has 0 bridgehead atoms. The van der Waals surface area contributed by atoms with Gasteiger partial charge in [0.25, 0.3) is 0 Å². The number of carbonyl (C=O) groups is 1. The van der Waals surface area contributed by atoms with E-state index in [1.54, 1.807) is 11.8 Å². The van der Waals surface area contributed by atoms with Crippen LogP contribution in [0.1, 0.15) is 39.5 Å². The Morgan fingerprint density at radius 2 is 2.13 bits per heavy atom. The SMILES string of the molecule is C=C(C)CS[C@@H](C)C(=O)NC1CCCC1. The molecule has 1 aliphatic rings. The summed E-state index contributed by atoms with van der Waals surface area (Å²) in [4.78, 5) is 11.7. The molecule has 0 spiro atoms. The van der Waals surface area contributed by atoms with Crippen LogP contribution >= 0.6 is 11.8 Å². The zero-order chi connectivity index (χ0) is 11.3. The quantitative estimate of drug-likeness (QED) is 0.732. The third kappa shape index (κ3) is 4.74. The van der Waals surface area contributed by atoms with Gasteiger partial charge in [-0.05, 0) is 26.7 Å². The number of nitrogens with one attached hydrogen (secondary N) is 1. The molecule has 0 heterocycles. The fourth-order valence-corrected chi connectivity index (χ4v) is 2.49. The summed E-state index contributed by atoms with van der Waals surface area (Å²) in [6, 6.07) is 0.436. The first kappa shape index (κ1) is 12.6. The fraction of sp³-hybridized carbons (Fsp3) is 0.750. The molecular formula is C12H21NOS. The minimum Gasteiger partial charge on any atom is -0.352 e. The van der Waals surface area contributed by atoms with E-state index in [1.807, 2.05) is 13.8 Å². The van der Waals surface area contributed by atoms with Crippen molar-refractivity contribution in [2.75, 3.05) is 5.75 Å². The lowest BCUT2D eigenvalue weighted by molar-refractivity contribution is -0.120. The molecule has 15 heavy (non-hydrogen) atoms. The Morgan fingerprint density at radius 1 is 1.53 bits per heavy atom. The van der Waals surface area contributed by atoms with Crippen molar-refractivity contribution < 1.29 is 4.79 Å². The van der Waals surface area contributed by atoms with Gasteiger partial charge in [0.05, 0.1) is 5.25 Å². The van der Waals surface area contributed by atoms with Gasteiger partial charge < -0.3 is 5.32 Å². The van der Waals surface area contributed by atoms with E-state index in [-0.39, 0.29) is 11.2 Å². The standard InChI is InChI=1S/C12H21NOS/c1-9(2)8-15-10(3)12(14)13-11-6-4-5-7-11/h10-11H,1,4-8H2,2-3H3,(H,13,14)/t10-/m0/s1. The zero-order valence-electron chi connectivity index (χ0n) is 9.71. The summed E-state index contributed by atoms with van der Waals surface area (Å²) < 4.78 is 0. The molecule has 0 saturated heterocycles. The minimum atomic E-state index is 0.0438. The van der Waals surface area contributed by atoms with E-state index < -0.39 is 0 Å². The van der Waals surface area contributed by atoms with Gasteiger partial charge in [0.15, 0.2) is 0 Å². The van der Waals surface area contributed by atoms with Crippen molar-refractivity contribution in [1.82, 2.24) is 5.32 Å². The van der Waals surface area contributed by atoms with Crippen LogP contribution in [0.5, 0.6) is 0 Å². The number of carbonyl (C=O) groups excluding carboxylic acids is 1. The first-order chi connectivity index (χ1) is 7.09. The Kier molecular flexibility index (Phi) is 5.23. The van der Waals surface area contributed by atoms with E-state index in [0.717, 1.165) is 24.2 Å². The molecule has 0 radical (unpaired) electrons. The van der Waals surface area contributed by atoms with Crippen molar-refractivity contribution in [2.45, 2.75) is 50.8 Å². The van der Waals surface area contributed by atoms with Gasteiger partial charge in [-0.2, -0.15) is 0 Å². The largest absolute Gasteiger partial charge is 0.352 e. The van der Waals surface area contributed by atoms with Crippen LogP contribution in [0.25, 0.3) is 0 Å². The Bertz CT molecular complexity index is 234. The van der Waals surface area contributed by atoms with E-state index in [4.69, 9.17) is 0 Å². The second kappa shape index (κ2) is 6.21. The van der Waals surface area contributed by atoms with Crippen LogP contribution < -0.4 is 5.32 Å². The second-order valence-corrected chi connectivity index (χ2v) is 5.73. The monoisotopic (exact) mass is 227 g/mol. The maximum Gasteiger partial charge on any atom is 0.233 e. The summed E-state index contributed by atoms with van der Waals surface area (Å²) in [6.45, 7) is 7.80. The van der Waals surface area contributed by atoms with E-state index >= 15 is 0 Å². The summed E-state index contributed by atoms with van der Waals surface area (Å²) in [5, 5.41) is 3.16. The lowest BCUT2D eigenvalue weighted by atomic mass is 10.2. The fourth-order valence-electron chi connectivity index (χ4n) is 1.73. The normalized spacial score (nSPS) is 18.8. The molecule has 1 aliphatic carbocycles. The van der Waals surface area contributed by atoms with Gasteiger partial charge in [0, 0.05) is 11.8 Å². The highest BCUT2D eigenvalue weighted by atomic mass is 32.2. The van der Waals surface area contributed by atoms with Crippen molar-refractivity contribution in [3.05, 3.63) is 12.2 Å². The number of amides is 1. The summed E-state index contributed by atoms with van der Waals surface area (Å²) in [7, 11) is 0. The molecule has 0 aromatic heterocycles. The maximum absolute atomic E-state index is 11.7. The third-order valence-corrected chi connectivity index (χ3v) is 4.02. The van der Waals surface area contributed by atoms with Gasteiger partial charge in [-0.3, -0.25) is 4.79 Å². The molecule has 1 saturated carbocycles. The summed E-state index contributed by atoms with van der Waals surface area (Å²) >= 11 is 1.66. The van der Waals surface area contributed by atoms with E-state index in [1.165, 1.54) is 12.8 Å². The molecule has 0 aromatic carbocycles. The van der Waals surface area contributed by atoms with Crippen molar-refractivity contribution >= 4 is 17.7 Å². The highest BCUT2D eigenvalue weighted by Crippen LogP contribution is 2.19. The molecule has 1 atom stereocenters. The van der Waals surface area contributed by atoms with E-state index in [0.29, 0.717) is 6.04 Å². The van der Waals surface area contributed by atoms with Crippen molar-refractivity contribution in [2.24, 2.45) is 0 Å². The topological polar surface area (TPSA) is 29.1 Å². The first-order valence-electron chi connectivity index (χ1n) is 5.66. The van der Waals surface area contributed by atoms with Crippen molar-refractivity contribution in [1.29, 1.82) is 0 Å². The van der Waals surface area contributed by atoms with Crippen molar-refractivity contribution in [3.8, 4) is 0 Å². The number of hydrogen-bond donors (Lipinski definition) is 1. The smallest absolute Gasteiger partial charge is 0.233 e. The Balaban J connectivity index is 2.22. The van der Waals surface area contributed by atoms with Gasteiger partial charge in [-0.1, -0.05) is 25.0 Å². The van der Waals surface area contributed by atoms with Crippen LogP contribution in [0.3, 0.4) is 0 Å². The average molecular weight is 227 g/mol. The molecule has 1 fully saturated rings. The summed E-state index contributed by atoms with van der Waals surface area (Å²) in [5.74, 6) is 1.06. The highest BCUT2D eigenvalue weighted by Gasteiger charge is 2.20. The third-order valence-electron chi connectivity index (χ3n) is 2.65. The van der Waals surface area contributed by atoms with Gasteiger partial charge in [-0.15, -0.1) is 11.8 Å². The van der Waals surface area contributed by atoms with E-state index in [9.17, 15) is 4.79 Å². The van der Waals surface area contributed by atoms with E-state index in [2.05, 4.69) is 11.9 Å². The lowest BCUT2D eigenvalue weighted by Gasteiger charge is -2.16. The second-order valence-electron chi connectivity index (χ2n) is 4.40. The zero-order valence-corrected chi connectivity index (χ0v) is 10.5. The van der Waals surface area contributed by atoms with Gasteiger partial charge in [0.2, 0.25) is 5.91 Å². The summed E-state index contributed by atoms with van der Waals surface area (Å²) in [6.07, 6.45) is 4.84. The highest BCUT2D eigenvalue weighted by molar-refractivity contribution is 8.00. The number of thioether (sulfide) groups is 1.